The van der Waals surface area contributed by atoms with Crippen LogP contribution < -0.4 is 0 Å². The standard InChI is InChI=1S/C75H128O6/c1-4-7-10-13-16-19-22-25-28-31-33-34-35-36-37-38-39-40-42-44-47-50-53-56-59-62-65-68-74(77)80-71-72(70-79-73(76)67-64-61-58-55-52-49-46-43-30-27-24-21-18-15-12-9-6-3)81-75(78)69-66-63-60-57-54-51-48-45-41-32-29-26-23-20-17-14-11-8-5-2/h7-8,10-11,16-17,19-20,25-26,28-29,33-34,36-37,41,45,72H,4-6,9,12-15,18,21-24,27,30-32,35,38-40,42-44,46-71H2,1-3H3/b10-7-,11-8-,19-16-,20-17-,28-25-,29-26-,34-33-,37-36-,45-41-. The molecular weight excluding hydrogens is 997 g/mol. The van der Waals surface area contributed by atoms with E-state index in [-0.39, 0.29) is 31.1 Å². The minimum atomic E-state index is -0.789. The maximum absolute atomic E-state index is 12.9. The van der Waals surface area contributed by atoms with Crippen molar-refractivity contribution >= 4 is 17.9 Å². The Morgan fingerprint density at radius 1 is 0.259 bits per heavy atom. The van der Waals surface area contributed by atoms with Gasteiger partial charge in [-0.05, 0) is 103 Å². The molecule has 81 heavy (non-hydrogen) atoms. The van der Waals surface area contributed by atoms with Gasteiger partial charge in [0, 0.05) is 19.3 Å². The summed E-state index contributed by atoms with van der Waals surface area (Å²) in [6, 6.07) is 0. The van der Waals surface area contributed by atoms with Crippen LogP contribution in [0.2, 0.25) is 0 Å². The van der Waals surface area contributed by atoms with Crippen LogP contribution in [0.1, 0.15) is 329 Å². The topological polar surface area (TPSA) is 78.9 Å². The Morgan fingerprint density at radius 3 is 0.753 bits per heavy atom. The summed E-state index contributed by atoms with van der Waals surface area (Å²) in [4.78, 5) is 38.5. The van der Waals surface area contributed by atoms with E-state index in [2.05, 4.69) is 130 Å². The van der Waals surface area contributed by atoms with Gasteiger partial charge >= 0.3 is 17.9 Å². The van der Waals surface area contributed by atoms with Gasteiger partial charge in [-0.15, -0.1) is 0 Å². The van der Waals surface area contributed by atoms with Gasteiger partial charge in [-0.2, -0.15) is 0 Å². The van der Waals surface area contributed by atoms with Gasteiger partial charge in [-0.1, -0.05) is 316 Å². The van der Waals surface area contributed by atoms with E-state index in [1.807, 2.05) is 0 Å². The molecular formula is C75H128O6. The summed E-state index contributed by atoms with van der Waals surface area (Å²) in [6.07, 6.45) is 93.8. The zero-order valence-corrected chi connectivity index (χ0v) is 53.3. The second-order valence-electron chi connectivity index (χ2n) is 22.7. The van der Waals surface area contributed by atoms with E-state index in [0.29, 0.717) is 19.3 Å². The largest absolute Gasteiger partial charge is 0.462 e. The number of carbonyl (C=O) groups is 3. The summed E-state index contributed by atoms with van der Waals surface area (Å²) in [6.45, 7) is 6.44. The van der Waals surface area contributed by atoms with E-state index < -0.39 is 6.10 Å². The maximum Gasteiger partial charge on any atom is 0.306 e. The lowest BCUT2D eigenvalue weighted by Crippen LogP contribution is -2.30. The second-order valence-corrected chi connectivity index (χ2v) is 22.7. The molecule has 6 heteroatoms. The van der Waals surface area contributed by atoms with Crippen molar-refractivity contribution in [3.05, 3.63) is 109 Å². The van der Waals surface area contributed by atoms with Crippen molar-refractivity contribution in [3.8, 4) is 0 Å². The fraction of sp³-hybridized carbons (Fsp3) is 0.720. The summed E-state index contributed by atoms with van der Waals surface area (Å²) < 4.78 is 17.0. The van der Waals surface area contributed by atoms with Crippen LogP contribution in [0.15, 0.2) is 109 Å². The number of rotatable bonds is 62. The lowest BCUT2D eigenvalue weighted by molar-refractivity contribution is -0.167. The van der Waals surface area contributed by atoms with Crippen LogP contribution in [0.5, 0.6) is 0 Å². The molecule has 0 aliphatic carbocycles. The van der Waals surface area contributed by atoms with Crippen molar-refractivity contribution in [2.75, 3.05) is 13.2 Å². The van der Waals surface area contributed by atoms with Crippen molar-refractivity contribution < 1.29 is 28.6 Å². The first kappa shape index (κ1) is 77.1. The predicted octanol–water partition coefficient (Wildman–Crippen LogP) is 23.8. The summed E-state index contributed by atoms with van der Waals surface area (Å²) in [5.41, 5.74) is 0. The summed E-state index contributed by atoms with van der Waals surface area (Å²) in [5.74, 6) is -0.885. The molecule has 0 radical (unpaired) electrons. The van der Waals surface area contributed by atoms with Crippen molar-refractivity contribution in [2.24, 2.45) is 0 Å². The van der Waals surface area contributed by atoms with Crippen molar-refractivity contribution in [2.45, 2.75) is 335 Å². The van der Waals surface area contributed by atoms with Crippen LogP contribution in [-0.4, -0.2) is 37.2 Å². The number of allylic oxidation sites excluding steroid dienone is 18. The van der Waals surface area contributed by atoms with E-state index in [0.717, 1.165) is 128 Å². The Labute approximate surface area is 501 Å². The molecule has 464 valence electrons. The molecule has 0 saturated carbocycles. The minimum Gasteiger partial charge on any atom is -0.462 e. The molecule has 6 nitrogen and oxygen atoms in total. The van der Waals surface area contributed by atoms with Gasteiger partial charge in [0.25, 0.3) is 0 Å². The first-order valence-electron chi connectivity index (χ1n) is 34.4. The summed E-state index contributed by atoms with van der Waals surface area (Å²) >= 11 is 0. The molecule has 0 fully saturated rings. The van der Waals surface area contributed by atoms with Crippen LogP contribution in [0.3, 0.4) is 0 Å². The Morgan fingerprint density at radius 2 is 0.481 bits per heavy atom. The average molecular weight is 1130 g/mol. The zero-order valence-electron chi connectivity index (χ0n) is 53.3. The molecule has 1 atom stereocenters. The van der Waals surface area contributed by atoms with E-state index in [9.17, 15) is 14.4 Å². The minimum absolute atomic E-state index is 0.0822. The highest BCUT2D eigenvalue weighted by atomic mass is 16.6. The lowest BCUT2D eigenvalue weighted by atomic mass is 10.0. The Balaban J connectivity index is 4.36. The molecule has 0 aromatic carbocycles. The molecule has 0 rings (SSSR count). The van der Waals surface area contributed by atoms with Crippen LogP contribution in [0, 0.1) is 0 Å². The molecule has 0 saturated heterocycles. The first-order chi connectivity index (χ1) is 40.0. The molecule has 0 heterocycles. The van der Waals surface area contributed by atoms with Crippen LogP contribution in [0.4, 0.5) is 0 Å². The van der Waals surface area contributed by atoms with Crippen LogP contribution in [0.25, 0.3) is 0 Å². The number of hydrogen-bond donors (Lipinski definition) is 0. The lowest BCUT2D eigenvalue weighted by Gasteiger charge is -2.18. The quantitative estimate of drug-likeness (QED) is 0.0261. The molecule has 0 bridgehead atoms. The fourth-order valence-electron chi connectivity index (χ4n) is 9.70. The van der Waals surface area contributed by atoms with Crippen LogP contribution >= 0.6 is 0 Å². The smallest absolute Gasteiger partial charge is 0.306 e. The van der Waals surface area contributed by atoms with Gasteiger partial charge < -0.3 is 14.2 Å². The molecule has 0 spiro atoms. The number of carbonyl (C=O) groups excluding carboxylic acids is 3. The number of hydrogen-bond acceptors (Lipinski definition) is 6. The van der Waals surface area contributed by atoms with Gasteiger partial charge in [-0.3, -0.25) is 14.4 Å². The molecule has 0 aromatic heterocycles. The highest BCUT2D eigenvalue weighted by Gasteiger charge is 2.19. The molecule has 0 aliphatic rings. The van der Waals surface area contributed by atoms with Gasteiger partial charge in [0.15, 0.2) is 6.10 Å². The third-order valence-electron chi connectivity index (χ3n) is 14.8. The van der Waals surface area contributed by atoms with Gasteiger partial charge in [0.2, 0.25) is 0 Å². The highest BCUT2D eigenvalue weighted by molar-refractivity contribution is 5.71. The zero-order chi connectivity index (χ0) is 58.5. The Kier molecular flexibility index (Phi) is 65.2. The predicted molar refractivity (Wildman–Crippen MR) is 353 cm³/mol. The summed E-state index contributed by atoms with van der Waals surface area (Å²) in [5, 5.41) is 0. The Hall–Kier alpha value is -3.93. The SMILES string of the molecule is CC/C=C\C/C=C\C/C=C\C/C=C\C/C=C\CCCCCCCCCCCCCC(=O)OCC(COC(=O)CCCCCCCCCCCCCCCCCCC)OC(=O)CCCCCCCC/C=C\C/C=C\C/C=C\C/C=C\CC. The Bertz CT molecular complexity index is 1620. The molecule has 0 aliphatic heterocycles. The van der Waals surface area contributed by atoms with Crippen molar-refractivity contribution in [1.82, 2.24) is 0 Å². The van der Waals surface area contributed by atoms with Crippen LogP contribution in [-0.2, 0) is 28.6 Å². The van der Waals surface area contributed by atoms with E-state index in [1.54, 1.807) is 0 Å². The van der Waals surface area contributed by atoms with Gasteiger partial charge in [-0.25, -0.2) is 0 Å². The number of unbranched alkanes of at least 4 members (excludes halogenated alkanes) is 33. The monoisotopic (exact) mass is 1120 g/mol. The van der Waals surface area contributed by atoms with Crippen molar-refractivity contribution in [3.63, 3.8) is 0 Å². The molecule has 0 N–H and O–H groups in total. The van der Waals surface area contributed by atoms with E-state index in [4.69, 9.17) is 14.2 Å². The second kappa shape index (κ2) is 68.6. The van der Waals surface area contributed by atoms with E-state index in [1.165, 1.54) is 161 Å². The maximum atomic E-state index is 12.9. The summed E-state index contributed by atoms with van der Waals surface area (Å²) in [7, 11) is 0. The molecule has 0 amide bonds. The van der Waals surface area contributed by atoms with Gasteiger partial charge in [0.05, 0.1) is 0 Å². The number of ether oxygens (including phenoxy) is 3. The first-order valence-corrected chi connectivity index (χ1v) is 34.4. The molecule has 1 unspecified atom stereocenters. The molecule has 0 aromatic rings. The van der Waals surface area contributed by atoms with Gasteiger partial charge in [0.1, 0.15) is 13.2 Å². The fourth-order valence-corrected chi connectivity index (χ4v) is 9.70. The third-order valence-corrected chi connectivity index (χ3v) is 14.8. The third kappa shape index (κ3) is 66.8. The van der Waals surface area contributed by atoms with Crippen molar-refractivity contribution in [1.29, 1.82) is 0 Å². The number of esters is 3. The highest BCUT2D eigenvalue weighted by Crippen LogP contribution is 2.17. The van der Waals surface area contributed by atoms with E-state index >= 15 is 0 Å². The average Bonchev–Trinajstić information content (AvgIpc) is 3.47. The normalized spacial score (nSPS) is 12.8.